The van der Waals surface area contributed by atoms with E-state index in [0.29, 0.717) is 4.31 Å². The molecule has 7 heteroatoms. The predicted octanol–water partition coefficient (Wildman–Crippen LogP) is 0.746. The third-order valence-electron chi connectivity index (χ3n) is 3.22. The molecular weight excluding hydrogens is 280 g/mol. The number of nitrogens with zero attached hydrogens (tertiary/aromatic N) is 1. The van der Waals surface area contributed by atoms with Gasteiger partial charge in [0.05, 0.1) is 5.56 Å². The summed E-state index contributed by atoms with van der Waals surface area (Å²) in [6.45, 7) is 3.23. The summed E-state index contributed by atoms with van der Waals surface area (Å²) in [5.74, 6) is -1.14. The van der Waals surface area contributed by atoms with Crippen molar-refractivity contribution in [3.05, 3.63) is 29.8 Å². The highest BCUT2D eigenvalue weighted by Crippen LogP contribution is 2.29. The van der Waals surface area contributed by atoms with Gasteiger partial charge in [0.1, 0.15) is 11.4 Å². The normalized spacial score (nSPS) is 17.7. The van der Waals surface area contributed by atoms with Gasteiger partial charge < -0.3 is 5.32 Å². The minimum absolute atomic E-state index is 0.0404. The molecule has 0 saturated heterocycles. The van der Waals surface area contributed by atoms with Crippen molar-refractivity contribution in [1.82, 2.24) is 9.62 Å². The van der Waals surface area contributed by atoms with Gasteiger partial charge in [0.2, 0.25) is 5.91 Å². The SMILES string of the molecule is CCC(C)NC(=O)CN1C(=O)c2ccccc2S1(=O)=O. The second kappa shape index (κ2) is 5.24. The number of amides is 2. The van der Waals surface area contributed by atoms with E-state index < -0.39 is 28.4 Å². The Hall–Kier alpha value is -1.89. The summed E-state index contributed by atoms with van der Waals surface area (Å²) in [4.78, 5) is 23.8. The Bertz CT molecular complexity index is 654. The van der Waals surface area contributed by atoms with Crippen LogP contribution in [0, 0.1) is 0 Å². The highest BCUT2D eigenvalue weighted by Gasteiger charge is 2.41. The van der Waals surface area contributed by atoms with E-state index >= 15 is 0 Å². The topological polar surface area (TPSA) is 83.6 Å². The molecule has 1 aromatic carbocycles. The second-order valence-corrected chi connectivity index (χ2v) is 6.52. The average Bonchev–Trinajstić information content (AvgIpc) is 2.60. The molecule has 0 fully saturated rings. The number of sulfonamides is 1. The number of carbonyl (C=O) groups excluding carboxylic acids is 2. The van der Waals surface area contributed by atoms with Crippen molar-refractivity contribution in [1.29, 1.82) is 0 Å². The molecule has 2 amide bonds. The predicted molar refractivity (Wildman–Crippen MR) is 72.6 cm³/mol. The number of hydrogen-bond donors (Lipinski definition) is 1. The summed E-state index contributed by atoms with van der Waals surface area (Å²) in [6, 6.07) is 5.89. The van der Waals surface area contributed by atoms with Crippen LogP contribution in [-0.2, 0) is 14.8 Å². The van der Waals surface area contributed by atoms with E-state index in [2.05, 4.69) is 5.32 Å². The maximum absolute atomic E-state index is 12.2. The monoisotopic (exact) mass is 296 g/mol. The molecule has 1 heterocycles. The molecule has 0 bridgehead atoms. The molecule has 2 rings (SSSR count). The fourth-order valence-corrected chi connectivity index (χ4v) is 3.47. The van der Waals surface area contributed by atoms with Gasteiger partial charge in [-0.15, -0.1) is 0 Å². The highest BCUT2D eigenvalue weighted by atomic mass is 32.2. The first-order valence-corrected chi connectivity index (χ1v) is 7.77. The molecule has 1 N–H and O–H groups in total. The molecular formula is C13H16N2O4S. The zero-order chi connectivity index (χ0) is 14.9. The second-order valence-electron chi connectivity index (χ2n) is 4.69. The van der Waals surface area contributed by atoms with Crippen LogP contribution in [0.25, 0.3) is 0 Å². The van der Waals surface area contributed by atoms with Gasteiger partial charge in [0.25, 0.3) is 15.9 Å². The Balaban J connectivity index is 2.24. The van der Waals surface area contributed by atoms with E-state index in [1.807, 2.05) is 13.8 Å². The van der Waals surface area contributed by atoms with E-state index in [1.165, 1.54) is 12.1 Å². The van der Waals surface area contributed by atoms with Crippen molar-refractivity contribution in [3.8, 4) is 0 Å². The zero-order valence-corrected chi connectivity index (χ0v) is 12.1. The molecule has 20 heavy (non-hydrogen) atoms. The van der Waals surface area contributed by atoms with Crippen molar-refractivity contribution in [3.63, 3.8) is 0 Å². The number of rotatable bonds is 4. The Morgan fingerprint density at radius 3 is 2.60 bits per heavy atom. The first kappa shape index (κ1) is 14.5. The first-order chi connectivity index (χ1) is 9.37. The van der Waals surface area contributed by atoms with Crippen molar-refractivity contribution < 1.29 is 18.0 Å². The Morgan fingerprint density at radius 1 is 1.35 bits per heavy atom. The minimum Gasteiger partial charge on any atom is -0.352 e. The van der Waals surface area contributed by atoms with Crippen LogP contribution in [-0.4, -0.2) is 37.1 Å². The van der Waals surface area contributed by atoms with Gasteiger partial charge in [0, 0.05) is 6.04 Å². The summed E-state index contributed by atoms with van der Waals surface area (Å²) < 4.78 is 25.0. The van der Waals surface area contributed by atoms with Gasteiger partial charge in [0.15, 0.2) is 0 Å². The summed E-state index contributed by atoms with van der Waals surface area (Å²) in [5, 5.41) is 2.64. The van der Waals surface area contributed by atoms with Gasteiger partial charge in [-0.05, 0) is 25.5 Å². The molecule has 1 aliphatic heterocycles. The third kappa shape index (κ3) is 2.40. The quantitative estimate of drug-likeness (QED) is 0.888. The van der Waals surface area contributed by atoms with E-state index in [9.17, 15) is 18.0 Å². The van der Waals surface area contributed by atoms with E-state index in [0.717, 1.165) is 6.42 Å². The zero-order valence-electron chi connectivity index (χ0n) is 11.3. The number of nitrogens with one attached hydrogen (secondary N) is 1. The summed E-state index contributed by atoms with van der Waals surface area (Å²) in [5.41, 5.74) is 0.115. The summed E-state index contributed by atoms with van der Waals surface area (Å²) in [6.07, 6.45) is 0.729. The molecule has 1 unspecified atom stereocenters. The number of carbonyl (C=O) groups is 2. The fourth-order valence-electron chi connectivity index (χ4n) is 1.94. The Kier molecular flexibility index (Phi) is 3.80. The van der Waals surface area contributed by atoms with Gasteiger partial charge in [-0.25, -0.2) is 12.7 Å². The maximum Gasteiger partial charge on any atom is 0.269 e. The average molecular weight is 296 g/mol. The van der Waals surface area contributed by atoms with E-state index in [1.54, 1.807) is 12.1 Å². The van der Waals surface area contributed by atoms with Gasteiger partial charge in [-0.1, -0.05) is 19.1 Å². The van der Waals surface area contributed by atoms with Crippen LogP contribution < -0.4 is 5.32 Å². The molecule has 6 nitrogen and oxygen atoms in total. The summed E-state index contributed by atoms with van der Waals surface area (Å²) in [7, 11) is -3.91. The lowest BCUT2D eigenvalue weighted by Gasteiger charge is -2.17. The third-order valence-corrected chi connectivity index (χ3v) is 5.01. The van der Waals surface area contributed by atoms with Crippen molar-refractivity contribution >= 4 is 21.8 Å². The van der Waals surface area contributed by atoms with Crippen LogP contribution in [0.2, 0.25) is 0 Å². The Morgan fingerprint density at radius 2 is 2.00 bits per heavy atom. The van der Waals surface area contributed by atoms with Gasteiger partial charge >= 0.3 is 0 Å². The first-order valence-electron chi connectivity index (χ1n) is 6.33. The molecule has 1 atom stereocenters. The number of benzene rings is 1. The molecule has 0 spiro atoms. The minimum atomic E-state index is -3.91. The lowest BCUT2D eigenvalue weighted by molar-refractivity contribution is -0.121. The molecule has 0 aliphatic carbocycles. The molecule has 0 radical (unpaired) electrons. The fraction of sp³-hybridized carbons (Fsp3) is 0.385. The largest absolute Gasteiger partial charge is 0.352 e. The molecule has 1 aliphatic rings. The van der Waals surface area contributed by atoms with Gasteiger partial charge in [-0.2, -0.15) is 0 Å². The van der Waals surface area contributed by atoms with Crippen LogP contribution in [0.15, 0.2) is 29.2 Å². The Labute approximate surface area is 117 Å². The van der Waals surface area contributed by atoms with Gasteiger partial charge in [-0.3, -0.25) is 9.59 Å². The van der Waals surface area contributed by atoms with Crippen LogP contribution in [0.4, 0.5) is 0 Å². The summed E-state index contributed by atoms with van der Waals surface area (Å²) >= 11 is 0. The molecule has 1 aromatic rings. The number of hydrogen-bond acceptors (Lipinski definition) is 4. The van der Waals surface area contributed by atoms with Crippen LogP contribution in [0.1, 0.15) is 30.6 Å². The van der Waals surface area contributed by atoms with Crippen LogP contribution >= 0.6 is 0 Å². The molecule has 108 valence electrons. The lowest BCUT2D eigenvalue weighted by atomic mass is 10.2. The van der Waals surface area contributed by atoms with Crippen molar-refractivity contribution in [2.45, 2.75) is 31.2 Å². The lowest BCUT2D eigenvalue weighted by Crippen LogP contribution is -2.43. The smallest absolute Gasteiger partial charge is 0.269 e. The molecule has 0 aromatic heterocycles. The van der Waals surface area contributed by atoms with E-state index in [4.69, 9.17) is 0 Å². The van der Waals surface area contributed by atoms with Crippen molar-refractivity contribution in [2.24, 2.45) is 0 Å². The highest BCUT2D eigenvalue weighted by molar-refractivity contribution is 7.90. The van der Waals surface area contributed by atoms with Crippen molar-refractivity contribution in [2.75, 3.05) is 6.54 Å². The van der Waals surface area contributed by atoms with Crippen LogP contribution in [0.5, 0.6) is 0 Å². The number of fused-ring (bicyclic) bond motifs is 1. The van der Waals surface area contributed by atoms with E-state index in [-0.39, 0.29) is 16.5 Å². The van der Waals surface area contributed by atoms with Crippen LogP contribution in [0.3, 0.4) is 0 Å². The molecule has 0 saturated carbocycles. The standard InChI is InChI=1S/C13H16N2O4S/c1-3-9(2)14-12(16)8-15-13(17)10-6-4-5-7-11(10)20(15,18)19/h4-7,9H,3,8H2,1-2H3,(H,14,16). The maximum atomic E-state index is 12.2.